The second-order valence-electron chi connectivity index (χ2n) is 4.19. The summed E-state index contributed by atoms with van der Waals surface area (Å²) in [6.07, 6.45) is 1.75. The molecule has 0 fully saturated rings. The molecule has 1 N–H and O–H groups in total. The molecule has 3 aromatic rings. The summed E-state index contributed by atoms with van der Waals surface area (Å²) in [6, 6.07) is 16.1. The number of fused-ring (bicyclic) bond motifs is 1. The number of halogens is 1. The van der Waals surface area contributed by atoms with E-state index in [0.717, 1.165) is 26.9 Å². The van der Waals surface area contributed by atoms with Gasteiger partial charge in [0, 0.05) is 11.6 Å². The number of hydrogen-bond donors (Lipinski definition) is 1. The molecule has 0 aliphatic heterocycles. The standard InChI is InChI=1S/C15H12BrN3/c16-15-14(6-3-9-17-15)18-10-12-8-7-11-4-1-2-5-13(11)19-12/h1-9,18H,10H2. The third-order valence-electron chi connectivity index (χ3n) is 2.88. The number of benzene rings is 1. The van der Waals surface area contributed by atoms with Crippen LogP contribution in [0.5, 0.6) is 0 Å². The number of nitrogens with one attached hydrogen (secondary N) is 1. The fourth-order valence-electron chi connectivity index (χ4n) is 1.91. The average Bonchev–Trinajstić information content (AvgIpc) is 2.46. The number of para-hydroxylation sites is 1. The number of anilines is 1. The van der Waals surface area contributed by atoms with Crippen LogP contribution < -0.4 is 5.32 Å². The highest BCUT2D eigenvalue weighted by atomic mass is 79.9. The number of aromatic nitrogens is 2. The predicted octanol–water partition coefficient (Wildman–Crippen LogP) is 4.00. The Bertz CT molecular complexity index is 712. The Morgan fingerprint density at radius 1 is 1.00 bits per heavy atom. The molecule has 0 aliphatic rings. The first-order valence-electron chi connectivity index (χ1n) is 6.02. The molecule has 2 aromatic heterocycles. The fourth-order valence-corrected chi connectivity index (χ4v) is 2.30. The minimum Gasteiger partial charge on any atom is -0.377 e. The Kier molecular flexibility index (Phi) is 3.42. The molecule has 0 aliphatic carbocycles. The summed E-state index contributed by atoms with van der Waals surface area (Å²) >= 11 is 3.42. The van der Waals surface area contributed by atoms with E-state index in [1.54, 1.807) is 6.20 Å². The Labute approximate surface area is 119 Å². The van der Waals surface area contributed by atoms with Gasteiger partial charge in [-0.3, -0.25) is 4.98 Å². The molecule has 0 saturated heterocycles. The van der Waals surface area contributed by atoms with Crippen molar-refractivity contribution in [1.29, 1.82) is 0 Å². The van der Waals surface area contributed by atoms with Gasteiger partial charge in [-0.2, -0.15) is 0 Å². The van der Waals surface area contributed by atoms with E-state index < -0.39 is 0 Å². The number of pyridine rings is 2. The van der Waals surface area contributed by atoms with Gasteiger partial charge in [-0.1, -0.05) is 24.3 Å². The van der Waals surface area contributed by atoms with Crippen LogP contribution in [-0.4, -0.2) is 9.97 Å². The zero-order valence-electron chi connectivity index (χ0n) is 10.2. The van der Waals surface area contributed by atoms with Gasteiger partial charge in [0.1, 0.15) is 4.60 Å². The highest BCUT2D eigenvalue weighted by Crippen LogP contribution is 2.19. The minimum absolute atomic E-state index is 0.676. The van der Waals surface area contributed by atoms with Crippen molar-refractivity contribution in [1.82, 2.24) is 9.97 Å². The molecule has 3 rings (SSSR count). The van der Waals surface area contributed by atoms with Crippen LogP contribution in [0.2, 0.25) is 0 Å². The van der Waals surface area contributed by atoms with Crippen LogP contribution >= 0.6 is 15.9 Å². The van der Waals surface area contributed by atoms with Gasteiger partial charge in [0.05, 0.1) is 23.4 Å². The summed E-state index contributed by atoms with van der Waals surface area (Å²) < 4.78 is 0.816. The largest absolute Gasteiger partial charge is 0.377 e. The van der Waals surface area contributed by atoms with Gasteiger partial charge in [0.15, 0.2) is 0 Å². The van der Waals surface area contributed by atoms with Crippen molar-refractivity contribution in [3.8, 4) is 0 Å². The van der Waals surface area contributed by atoms with Crippen molar-refractivity contribution >= 4 is 32.5 Å². The summed E-state index contributed by atoms with van der Waals surface area (Å²) in [5.41, 5.74) is 3.00. The first-order chi connectivity index (χ1) is 9.33. The van der Waals surface area contributed by atoms with Crippen molar-refractivity contribution in [3.05, 3.63) is 65.0 Å². The summed E-state index contributed by atoms with van der Waals surface area (Å²) in [5, 5.41) is 4.48. The second-order valence-corrected chi connectivity index (χ2v) is 4.94. The van der Waals surface area contributed by atoms with Gasteiger partial charge in [0.2, 0.25) is 0 Å². The molecule has 0 spiro atoms. The molecule has 2 heterocycles. The topological polar surface area (TPSA) is 37.8 Å². The van der Waals surface area contributed by atoms with Gasteiger partial charge < -0.3 is 5.32 Å². The van der Waals surface area contributed by atoms with Gasteiger partial charge in [0.25, 0.3) is 0 Å². The fraction of sp³-hybridized carbons (Fsp3) is 0.0667. The predicted molar refractivity (Wildman–Crippen MR) is 81.0 cm³/mol. The lowest BCUT2D eigenvalue weighted by Gasteiger charge is -2.07. The molecule has 0 radical (unpaired) electrons. The van der Waals surface area contributed by atoms with E-state index in [9.17, 15) is 0 Å². The first-order valence-corrected chi connectivity index (χ1v) is 6.81. The van der Waals surface area contributed by atoms with Crippen molar-refractivity contribution in [2.45, 2.75) is 6.54 Å². The van der Waals surface area contributed by atoms with Crippen LogP contribution in [0.4, 0.5) is 5.69 Å². The Morgan fingerprint density at radius 3 is 2.79 bits per heavy atom. The monoisotopic (exact) mass is 313 g/mol. The van der Waals surface area contributed by atoms with Crippen LogP contribution in [0, 0.1) is 0 Å². The molecule has 1 aromatic carbocycles. The Morgan fingerprint density at radius 2 is 1.89 bits per heavy atom. The summed E-state index contributed by atoms with van der Waals surface area (Å²) in [5.74, 6) is 0. The summed E-state index contributed by atoms with van der Waals surface area (Å²) in [7, 11) is 0. The van der Waals surface area contributed by atoms with Crippen LogP contribution in [-0.2, 0) is 6.54 Å². The van der Waals surface area contributed by atoms with Crippen LogP contribution in [0.1, 0.15) is 5.69 Å². The molecule has 0 saturated carbocycles. The van der Waals surface area contributed by atoms with Gasteiger partial charge in [-0.25, -0.2) is 4.98 Å². The zero-order chi connectivity index (χ0) is 13.1. The normalized spacial score (nSPS) is 10.6. The van der Waals surface area contributed by atoms with Crippen LogP contribution in [0.15, 0.2) is 59.3 Å². The lowest BCUT2D eigenvalue weighted by atomic mass is 10.2. The van der Waals surface area contributed by atoms with Gasteiger partial charge in [-0.05, 0) is 40.2 Å². The minimum atomic E-state index is 0.676. The van der Waals surface area contributed by atoms with Crippen LogP contribution in [0.3, 0.4) is 0 Å². The van der Waals surface area contributed by atoms with Gasteiger partial charge in [-0.15, -0.1) is 0 Å². The maximum absolute atomic E-state index is 4.62. The molecule has 4 heteroatoms. The van der Waals surface area contributed by atoms with Crippen molar-refractivity contribution in [2.24, 2.45) is 0 Å². The van der Waals surface area contributed by atoms with Crippen molar-refractivity contribution < 1.29 is 0 Å². The van der Waals surface area contributed by atoms with Crippen molar-refractivity contribution in [3.63, 3.8) is 0 Å². The third kappa shape index (κ3) is 2.74. The highest BCUT2D eigenvalue weighted by Gasteiger charge is 2.01. The highest BCUT2D eigenvalue weighted by molar-refractivity contribution is 9.10. The molecule has 19 heavy (non-hydrogen) atoms. The van der Waals surface area contributed by atoms with E-state index in [4.69, 9.17) is 0 Å². The molecular formula is C15H12BrN3. The van der Waals surface area contributed by atoms with Crippen molar-refractivity contribution in [2.75, 3.05) is 5.32 Å². The third-order valence-corrected chi connectivity index (χ3v) is 3.51. The van der Waals surface area contributed by atoms with E-state index in [0.29, 0.717) is 6.54 Å². The van der Waals surface area contributed by atoms with E-state index in [1.807, 2.05) is 36.4 Å². The summed E-state index contributed by atoms with van der Waals surface area (Å²) in [4.78, 5) is 8.80. The Hall–Kier alpha value is -1.94. The number of hydrogen-bond acceptors (Lipinski definition) is 3. The van der Waals surface area contributed by atoms with E-state index in [-0.39, 0.29) is 0 Å². The molecule has 0 amide bonds. The van der Waals surface area contributed by atoms with E-state index in [1.165, 1.54) is 0 Å². The summed E-state index contributed by atoms with van der Waals surface area (Å²) in [6.45, 7) is 0.676. The SMILES string of the molecule is Brc1ncccc1NCc1ccc2ccccc2n1. The van der Waals surface area contributed by atoms with Gasteiger partial charge >= 0.3 is 0 Å². The molecule has 0 atom stereocenters. The van der Waals surface area contributed by atoms with Crippen LogP contribution in [0.25, 0.3) is 10.9 Å². The lowest BCUT2D eigenvalue weighted by Crippen LogP contribution is -2.02. The molecular weight excluding hydrogens is 302 g/mol. The molecule has 94 valence electrons. The first kappa shape index (κ1) is 12.1. The Balaban J connectivity index is 1.80. The van der Waals surface area contributed by atoms with E-state index in [2.05, 4.69) is 43.3 Å². The quantitative estimate of drug-likeness (QED) is 0.743. The molecule has 0 unspecified atom stereocenters. The van der Waals surface area contributed by atoms with E-state index >= 15 is 0 Å². The second kappa shape index (κ2) is 5.36. The zero-order valence-corrected chi connectivity index (χ0v) is 11.8. The number of nitrogens with zero attached hydrogens (tertiary/aromatic N) is 2. The lowest BCUT2D eigenvalue weighted by molar-refractivity contribution is 1.06. The number of rotatable bonds is 3. The maximum atomic E-state index is 4.62. The smallest absolute Gasteiger partial charge is 0.129 e. The average molecular weight is 314 g/mol. The maximum Gasteiger partial charge on any atom is 0.129 e. The molecule has 0 bridgehead atoms. The molecule has 3 nitrogen and oxygen atoms in total.